The minimum atomic E-state index is -0.0410. The van der Waals surface area contributed by atoms with E-state index in [-0.39, 0.29) is 10.8 Å². The number of fused-ring (bicyclic) bond motifs is 2. The Kier molecular flexibility index (Phi) is 3.86. The first-order valence-corrected chi connectivity index (χ1v) is 9.87. The summed E-state index contributed by atoms with van der Waals surface area (Å²) < 4.78 is 2.28. The first-order chi connectivity index (χ1) is 12.7. The molecule has 0 N–H and O–H groups in total. The SMILES string of the molecule is Cc1ccc(-c2c(C)ccc3c2C(C)(C)c2ccccc2C3(C)C)[n+](C)c1. The van der Waals surface area contributed by atoms with Crippen molar-refractivity contribution in [3.63, 3.8) is 0 Å². The van der Waals surface area contributed by atoms with Crippen LogP contribution in [0, 0.1) is 13.8 Å². The number of pyridine rings is 1. The molecule has 4 rings (SSSR count). The van der Waals surface area contributed by atoms with Crippen molar-refractivity contribution in [3.8, 4) is 11.3 Å². The van der Waals surface area contributed by atoms with Crippen molar-refractivity contribution in [2.24, 2.45) is 7.05 Å². The van der Waals surface area contributed by atoms with E-state index in [2.05, 4.69) is 108 Å². The summed E-state index contributed by atoms with van der Waals surface area (Å²) >= 11 is 0. The maximum absolute atomic E-state index is 2.39. The second-order valence-electron chi connectivity index (χ2n) is 9.18. The highest BCUT2D eigenvalue weighted by Crippen LogP contribution is 2.52. The molecule has 0 saturated carbocycles. The molecular formula is C26H30N+. The van der Waals surface area contributed by atoms with Crippen LogP contribution in [0.1, 0.15) is 61.1 Å². The van der Waals surface area contributed by atoms with Gasteiger partial charge in [0.2, 0.25) is 5.69 Å². The Hall–Kier alpha value is -2.41. The molecule has 1 heteroatoms. The van der Waals surface area contributed by atoms with Gasteiger partial charge in [0, 0.05) is 22.5 Å². The average molecular weight is 357 g/mol. The first-order valence-electron chi connectivity index (χ1n) is 9.87. The highest BCUT2D eigenvalue weighted by molar-refractivity contribution is 5.74. The van der Waals surface area contributed by atoms with Crippen LogP contribution in [0.4, 0.5) is 0 Å². The Bertz CT molecular complexity index is 1050. The topological polar surface area (TPSA) is 3.88 Å². The molecule has 1 aliphatic rings. The van der Waals surface area contributed by atoms with Gasteiger partial charge in [-0.05, 0) is 47.7 Å². The van der Waals surface area contributed by atoms with Gasteiger partial charge in [-0.1, -0.05) is 64.1 Å². The number of rotatable bonds is 1. The largest absolute Gasteiger partial charge is 0.212 e. The van der Waals surface area contributed by atoms with Crippen LogP contribution in [0.25, 0.3) is 11.3 Å². The Morgan fingerprint density at radius 2 is 1.33 bits per heavy atom. The van der Waals surface area contributed by atoms with E-state index in [0.29, 0.717) is 0 Å². The Morgan fingerprint density at radius 1 is 0.704 bits per heavy atom. The molecule has 138 valence electrons. The van der Waals surface area contributed by atoms with Crippen molar-refractivity contribution in [1.29, 1.82) is 0 Å². The van der Waals surface area contributed by atoms with Gasteiger partial charge in [0.15, 0.2) is 6.20 Å². The summed E-state index contributed by atoms with van der Waals surface area (Å²) in [6.07, 6.45) is 2.23. The molecule has 0 fully saturated rings. The molecule has 1 aromatic heterocycles. The predicted molar refractivity (Wildman–Crippen MR) is 113 cm³/mol. The summed E-state index contributed by atoms with van der Waals surface area (Å²) in [6, 6.07) is 18.2. The van der Waals surface area contributed by atoms with Gasteiger partial charge in [-0.15, -0.1) is 0 Å². The first kappa shape index (κ1) is 18.0. The van der Waals surface area contributed by atoms with E-state index in [4.69, 9.17) is 0 Å². The number of aromatic nitrogens is 1. The highest BCUT2D eigenvalue weighted by Gasteiger charge is 2.44. The summed E-state index contributed by atoms with van der Waals surface area (Å²) in [5, 5.41) is 0. The van der Waals surface area contributed by atoms with Gasteiger partial charge in [-0.3, -0.25) is 0 Å². The minimum absolute atomic E-state index is 0.00678. The number of hydrogen-bond acceptors (Lipinski definition) is 0. The summed E-state index contributed by atoms with van der Waals surface area (Å²) in [5.41, 5.74) is 11.1. The van der Waals surface area contributed by atoms with Crippen LogP contribution in [0.3, 0.4) is 0 Å². The molecule has 1 nitrogen and oxygen atoms in total. The average Bonchev–Trinajstić information content (AvgIpc) is 2.61. The second kappa shape index (κ2) is 5.79. The van der Waals surface area contributed by atoms with Crippen molar-refractivity contribution in [2.75, 3.05) is 0 Å². The fourth-order valence-corrected chi connectivity index (χ4v) is 5.07. The van der Waals surface area contributed by atoms with Crippen molar-refractivity contribution in [3.05, 3.63) is 88.1 Å². The lowest BCUT2D eigenvalue weighted by atomic mass is 9.58. The fourth-order valence-electron chi connectivity index (χ4n) is 5.07. The van der Waals surface area contributed by atoms with E-state index in [9.17, 15) is 0 Å². The molecule has 0 radical (unpaired) electrons. The van der Waals surface area contributed by atoms with E-state index < -0.39 is 0 Å². The lowest BCUT2D eigenvalue weighted by Gasteiger charge is -2.45. The zero-order chi connectivity index (χ0) is 19.6. The molecule has 0 saturated heterocycles. The predicted octanol–water partition coefficient (Wildman–Crippen LogP) is 5.76. The molecule has 2 aromatic carbocycles. The fraction of sp³-hybridized carbons (Fsp3) is 0.346. The molecular weight excluding hydrogens is 326 g/mol. The van der Waals surface area contributed by atoms with Gasteiger partial charge < -0.3 is 0 Å². The molecule has 0 aliphatic heterocycles. The number of nitrogens with zero attached hydrogens (tertiary/aromatic N) is 1. The number of benzene rings is 2. The third-order valence-electron chi connectivity index (χ3n) is 6.52. The molecule has 0 amide bonds. The number of hydrogen-bond donors (Lipinski definition) is 0. The minimum Gasteiger partial charge on any atom is -0.201 e. The van der Waals surface area contributed by atoms with Crippen LogP contribution in [0.2, 0.25) is 0 Å². The Morgan fingerprint density at radius 3 is 1.96 bits per heavy atom. The monoisotopic (exact) mass is 356 g/mol. The van der Waals surface area contributed by atoms with E-state index in [1.807, 2.05) is 0 Å². The van der Waals surface area contributed by atoms with Crippen LogP contribution >= 0.6 is 0 Å². The molecule has 27 heavy (non-hydrogen) atoms. The van der Waals surface area contributed by atoms with Crippen LogP contribution in [0.15, 0.2) is 54.7 Å². The molecule has 1 aliphatic carbocycles. The molecule has 3 aromatic rings. The highest BCUT2D eigenvalue weighted by atomic mass is 14.9. The summed E-state index contributed by atoms with van der Waals surface area (Å²) in [6.45, 7) is 13.9. The maximum Gasteiger partial charge on any atom is 0.212 e. The Balaban J connectivity index is 2.13. The number of aryl methyl sites for hydroxylation is 3. The van der Waals surface area contributed by atoms with Crippen molar-refractivity contribution >= 4 is 0 Å². The summed E-state index contributed by atoms with van der Waals surface area (Å²) in [5.74, 6) is 0. The maximum atomic E-state index is 2.39. The molecule has 0 atom stereocenters. The van der Waals surface area contributed by atoms with Crippen LogP contribution < -0.4 is 4.57 Å². The quantitative estimate of drug-likeness (QED) is 0.488. The van der Waals surface area contributed by atoms with E-state index in [1.54, 1.807) is 0 Å². The van der Waals surface area contributed by atoms with Gasteiger partial charge in [-0.2, -0.15) is 0 Å². The van der Waals surface area contributed by atoms with Gasteiger partial charge in [0.25, 0.3) is 0 Å². The Labute approximate surface area is 163 Å². The lowest BCUT2D eigenvalue weighted by Crippen LogP contribution is -2.39. The summed E-state index contributed by atoms with van der Waals surface area (Å²) in [4.78, 5) is 0. The van der Waals surface area contributed by atoms with Gasteiger partial charge in [0.05, 0.1) is 5.56 Å². The van der Waals surface area contributed by atoms with Crippen LogP contribution in [-0.4, -0.2) is 0 Å². The van der Waals surface area contributed by atoms with Gasteiger partial charge in [0.1, 0.15) is 7.05 Å². The molecule has 1 heterocycles. The van der Waals surface area contributed by atoms with Gasteiger partial charge in [-0.25, -0.2) is 4.57 Å². The van der Waals surface area contributed by atoms with Crippen molar-refractivity contribution in [1.82, 2.24) is 0 Å². The van der Waals surface area contributed by atoms with E-state index in [0.717, 1.165) is 0 Å². The molecule has 0 spiro atoms. The summed E-state index contributed by atoms with van der Waals surface area (Å²) in [7, 11) is 2.16. The third-order valence-corrected chi connectivity index (χ3v) is 6.52. The normalized spacial score (nSPS) is 16.6. The molecule has 0 unspecified atom stereocenters. The second-order valence-corrected chi connectivity index (χ2v) is 9.18. The lowest BCUT2D eigenvalue weighted by molar-refractivity contribution is -0.660. The zero-order valence-corrected chi connectivity index (χ0v) is 17.6. The van der Waals surface area contributed by atoms with Crippen molar-refractivity contribution in [2.45, 2.75) is 52.4 Å². The van der Waals surface area contributed by atoms with Crippen molar-refractivity contribution < 1.29 is 4.57 Å². The van der Waals surface area contributed by atoms with Crippen LogP contribution in [-0.2, 0) is 17.9 Å². The van der Waals surface area contributed by atoms with Crippen LogP contribution in [0.5, 0.6) is 0 Å². The smallest absolute Gasteiger partial charge is 0.201 e. The third kappa shape index (κ3) is 2.48. The van der Waals surface area contributed by atoms with E-state index >= 15 is 0 Å². The van der Waals surface area contributed by atoms with E-state index in [1.165, 1.54) is 44.6 Å². The molecule has 0 bridgehead atoms. The standard InChI is InChI=1S/C26H30N/c1-17-12-15-22(27(7)16-17)23-18(2)13-14-21-24(23)26(5,6)20-11-9-8-10-19(20)25(21,3)4/h8-16H,1-7H3/q+1. The van der Waals surface area contributed by atoms with Gasteiger partial charge >= 0.3 is 0 Å². The zero-order valence-electron chi connectivity index (χ0n) is 17.6.